The molecule has 0 aliphatic carbocycles. The van der Waals surface area contributed by atoms with Gasteiger partial charge < -0.3 is 5.11 Å². The van der Waals surface area contributed by atoms with Crippen molar-refractivity contribution in [3.8, 4) is 12.3 Å². The first-order valence-corrected chi connectivity index (χ1v) is 3.22. The molecule has 56 valence electrons. The minimum atomic E-state index is -0.758. The van der Waals surface area contributed by atoms with Gasteiger partial charge >= 0.3 is 0 Å². The molecule has 0 fully saturated rings. The molecule has 1 unspecified atom stereocenters. The lowest BCUT2D eigenvalue weighted by atomic mass is 10.2. The molecular formula is C8H8N2O. The molecule has 3 nitrogen and oxygen atoms in total. The van der Waals surface area contributed by atoms with Gasteiger partial charge in [-0.2, -0.15) is 0 Å². The second-order valence-corrected chi connectivity index (χ2v) is 2.08. The Bertz CT molecular complexity index is 253. The van der Waals surface area contributed by atoms with Gasteiger partial charge in [0.05, 0.1) is 5.69 Å². The summed E-state index contributed by atoms with van der Waals surface area (Å²) in [5.41, 5.74) is 0.706. The Labute approximate surface area is 65.1 Å². The van der Waals surface area contributed by atoms with E-state index >= 15 is 0 Å². The molecule has 1 atom stereocenters. The Morgan fingerprint density at radius 2 is 2.45 bits per heavy atom. The zero-order valence-corrected chi connectivity index (χ0v) is 5.94. The Balaban J connectivity index is 2.60. The van der Waals surface area contributed by atoms with Crippen LogP contribution in [0.25, 0.3) is 0 Å². The first-order chi connectivity index (χ1) is 5.33. The number of terminal acetylenes is 1. The number of rotatable bonds is 2. The molecule has 0 saturated carbocycles. The van der Waals surface area contributed by atoms with E-state index in [4.69, 9.17) is 11.5 Å². The average Bonchev–Trinajstić information content (AvgIpc) is 2.06. The number of hydrogen-bond donors (Lipinski definition) is 1. The molecule has 11 heavy (non-hydrogen) atoms. The van der Waals surface area contributed by atoms with E-state index in [1.54, 1.807) is 18.6 Å². The zero-order chi connectivity index (χ0) is 8.10. The normalized spacial score (nSPS) is 12.0. The van der Waals surface area contributed by atoms with Gasteiger partial charge in [0.2, 0.25) is 0 Å². The number of hydrogen-bond acceptors (Lipinski definition) is 3. The number of aliphatic hydroxyl groups is 1. The summed E-state index contributed by atoms with van der Waals surface area (Å²) in [4.78, 5) is 7.78. The van der Waals surface area contributed by atoms with Crippen molar-refractivity contribution < 1.29 is 5.11 Å². The van der Waals surface area contributed by atoms with Crippen LogP contribution in [0.5, 0.6) is 0 Å². The van der Waals surface area contributed by atoms with Crippen LogP contribution in [0.15, 0.2) is 18.6 Å². The Kier molecular flexibility index (Phi) is 2.59. The quantitative estimate of drug-likeness (QED) is 0.601. The van der Waals surface area contributed by atoms with E-state index < -0.39 is 6.10 Å². The molecule has 1 aromatic rings. The minimum absolute atomic E-state index is 0.365. The highest BCUT2D eigenvalue weighted by molar-refractivity contribution is 5.04. The SMILES string of the molecule is C#CC(O)Cc1cnccn1. The molecule has 0 bridgehead atoms. The van der Waals surface area contributed by atoms with Crippen LogP contribution >= 0.6 is 0 Å². The molecular weight excluding hydrogens is 140 g/mol. The third-order valence-electron chi connectivity index (χ3n) is 1.21. The van der Waals surface area contributed by atoms with Gasteiger partial charge in [0.25, 0.3) is 0 Å². The van der Waals surface area contributed by atoms with Crippen LogP contribution in [0.1, 0.15) is 5.69 Å². The van der Waals surface area contributed by atoms with Gasteiger partial charge in [0.15, 0.2) is 0 Å². The second kappa shape index (κ2) is 3.69. The lowest BCUT2D eigenvalue weighted by Gasteiger charge is -1.99. The van der Waals surface area contributed by atoms with Gasteiger partial charge in [-0.15, -0.1) is 6.42 Å². The number of aromatic nitrogens is 2. The maximum Gasteiger partial charge on any atom is 0.120 e. The maximum absolute atomic E-state index is 9.01. The molecule has 1 heterocycles. The summed E-state index contributed by atoms with van der Waals surface area (Å²) in [5.74, 6) is 2.20. The Morgan fingerprint density at radius 3 is 3.00 bits per heavy atom. The van der Waals surface area contributed by atoms with Crippen molar-refractivity contribution in [2.45, 2.75) is 12.5 Å². The van der Waals surface area contributed by atoms with E-state index in [0.717, 1.165) is 0 Å². The Morgan fingerprint density at radius 1 is 1.64 bits per heavy atom. The largest absolute Gasteiger partial charge is 0.380 e. The molecule has 0 amide bonds. The third kappa shape index (κ3) is 2.36. The van der Waals surface area contributed by atoms with Crippen LogP contribution in [0.4, 0.5) is 0 Å². The summed E-state index contributed by atoms with van der Waals surface area (Å²) in [7, 11) is 0. The summed E-state index contributed by atoms with van der Waals surface area (Å²) in [6.07, 6.45) is 9.31. The van der Waals surface area contributed by atoms with E-state index in [1.165, 1.54) is 0 Å². The average molecular weight is 148 g/mol. The molecule has 0 aromatic carbocycles. The van der Waals surface area contributed by atoms with Crippen LogP contribution in [-0.4, -0.2) is 21.2 Å². The maximum atomic E-state index is 9.01. The van der Waals surface area contributed by atoms with Crippen molar-refractivity contribution in [3.05, 3.63) is 24.3 Å². The summed E-state index contributed by atoms with van der Waals surface area (Å²) in [6.45, 7) is 0. The van der Waals surface area contributed by atoms with E-state index in [2.05, 4.69) is 15.9 Å². The van der Waals surface area contributed by atoms with Gasteiger partial charge in [-0.3, -0.25) is 9.97 Å². The fourth-order valence-electron chi connectivity index (χ4n) is 0.692. The summed E-state index contributed by atoms with van der Waals surface area (Å²) in [6, 6.07) is 0. The minimum Gasteiger partial charge on any atom is -0.380 e. The topological polar surface area (TPSA) is 46.0 Å². The highest BCUT2D eigenvalue weighted by Crippen LogP contribution is 1.95. The Hall–Kier alpha value is -1.40. The fraction of sp³-hybridized carbons (Fsp3) is 0.250. The van der Waals surface area contributed by atoms with Crippen LogP contribution in [0.2, 0.25) is 0 Å². The van der Waals surface area contributed by atoms with Crippen molar-refractivity contribution in [2.24, 2.45) is 0 Å². The summed E-state index contributed by atoms with van der Waals surface area (Å²) >= 11 is 0. The van der Waals surface area contributed by atoms with Crippen molar-refractivity contribution in [2.75, 3.05) is 0 Å². The van der Waals surface area contributed by atoms with Crippen LogP contribution in [0, 0.1) is 12.3 Å². The molecule has 0 spiro atoms. The monoisotopic (exact) mass is 148 g/mol. The highest BCUT2D eigenvalue weighted by atomic mass is 16.3. The molecule has 3 heteroatoms. The number of nitrogens with zero attached hydrogens (tertiary/aromatic N) is 2. The highest BCUT2D eigenvalue weighted by Gasteiger charge is 2.00. The van der Waals surface area contributed by atoms with Crippen LogP contribution in [-0.2, 0) is 6.42 Å². The summed E-state index contributed by atoms with van der Waals surface area (Å²) in [5, 5.41) is 9.01. The first-order valence-electron chi connectivity index (χ1n) is 3.22. The molecule has 0 radical (unpaired) electrons. The molecule has 0 aliphatic rings. The second-order valence-electron chi connectivity index (χ2n) is 2.08. The predicted octanol–water partition coefficient (Wildman–Crippen LogP) is 0.0132. The molecule has 1 aromatic heterocycles. The van der Waals surface area contributed by atoms with Crippen molar-refractivity contribution >= 4 is 0 Å². The lowest BCUT2D eigenvalue weighted by Crippen LogP contribution is -2.08. The van der Waals surface area contributed by atoms with E-state index in [1.807, 2.05) is 0 Å². The van der Waals surface area contributed by atoms with Crippen LogP contribution < -0.4 is 0 Å². The molecule has 1 rings (SSSR count). The molecule has 0 aliphatic heterocycles. The van der Waals surface area contributed by atoms with Gasteiger partial charge in [-0.25, -0.2) is 0 Å². The molecule has 0 saturated heterocycles. The molecule has 1 N–H and O–H groups in total. The number of aliphatic hydroxyl groups excluding tert-OH is 1. The van der Waals surface area contributed by atoms with Crippen molar-refractivity contribution in [1.82, 2.24) is 9.97 Å². The van der Waals surface area contributed by atoms with Gasteiger partial charge in [-0.05, 0) is 0 Å². The van der Waals surface area contributed by atoms with E-state index in [0.29, 0.717) is 12.1 Å². The predicted molar refractivity (Wildman–Crippen MR) is 40.6 cm³/mol. The smallest absolute Gasteiger partial charge is 0.120 e. The fourth-order valence-corrected chi connectivity index (χ4v) is 0.692. The standard InChI is InChI=1S/C8H8N2O/c1-2-8(11)5-7-6-9-3-4-10-7/h1,3-4,6,8,11H,5H2. The van der Waals surface area contributed by atoms with Gasteiger partial charge in [0, 0.05) is 25.0 Å². The van der Waals surface area contributed by atoms with Crippen molar-refractivity contribution in [1.29, 1.82) is 0 Å². The first kappa shape index (κ1) is 7.70. The summed E-state index contributed by atoms with van der Waals surface area (Å²) < 4.78 is 0. The van der Waals surface area contributed by atoms with Crippen molar-refractivity contribution in [3.63, 3.8) is 0 Å². The van der Waals surface area contributed by atoms with Gasteiger partial charge in [0.1, 0.15) is 6.10 Å². The van der Waals surface area contributed by atoms with E-state index in [9.17, 15) is 0 Å². The van der Waals surface area contributed by atoms with Crippen LogP contribution in [0.3, 0.4) is 0 Å². The zero-order valence-electron chi connectivity index (χ0n) is 5.94. The lowest BCUT2D eigenvalue weighted by molar-refractivity contribution is 0.232. The third-order valence-corrected chi connectivity index (χ3v) is 1.21. The van der Waals surface area contributed by atoms with E-state index in [-0.39, 0.29) is 0 Å². The van der Waals surface area contributed by atoms with Gasteiger partial charge in [-0.1, -0.05) is 5.92 Å².